The first-order valence-electron chi connectivity index (χ1n) is 6.81. The van der Waals surface area contributed by atoms with Gasteiger partial charge in [-0.15, -0.1) is 0 Å². The molecule has 0 aliphatic carbocycles. The number of para-hydroxylation sites is 1. The molecule has 0 heterocycles. The van der Waals surface area contributed by atoms with Crippen LogP contribution in [0.1, 0.15) is 38.7 Å². The smallest absolute Gasteiger partial charge is 0.228 e. The van der Waals surface area contributed by atoms with Gasteiger partial charge in [0.05, 0.1) is 5.92 Å². The lowest BCUT2D eigenvalue weighted by atomic mass is 10.0. The molecule has 0 saturated heterocycles. The lowest BCUT2D eigenvalue weighted by Gasteiger charge is -2.16. The van der Waals surface area contributed by atoms with Gasteiger partial charge in [0.1, 0.15) is 0 Å². The van der Waals surface area contributed by atoms with Gasteiger partial charge in [0.25, 0.3) is 0 Å². The molecule has 0 saturated carbocycles. The minimum absolute atomic E-state index is 0.0444. The van der Waals surface area contributed by atoms with Crippen molar-refractivity contribution in [1.82, 2.24) is 0 Å². The summed E-state index contributed by atoms with van der Waals surface area (Å²) >= 11 is 0. The maximum absolute atomic E-state index is 12.1. The predicted octanol–water partition coefficient (Wildman–Crippen LogP) is 2.95. The summed E-state index contributed by atoms with van der Waals surface area (Å²) in [5.74, 6) is -0.0346. The van der Waals surface area contributed by atoms with Crippen molar-refractivity contribution < 1.29 is 4.79 Å². The van der Waals surface area contributed by atoms with Gasteiger partial charge in [-0.1, -0.05) is 44.9 Å². The van der Waals surface area contributed by atoms with E-state index in [2.05, 4.69) is 25.2 Å². The van der Waals surface area contributed by atoms with Gasteiger partial charge in [-0.3, -0.25) is 4.79 Å². The summed E-state index contributed by atoms with van der Waals surface area (Å²) in [7, 11) is 0. The van der Waals surface area contributed by atoms with Crippen LogP contribution in [0.3, 0.4) is 0 Å². The van der Waals surface area contributed by atoms with Crippen molar-refractivity contribution in [2.75, 3.05) is 11.9 Å². The molecule has 0 radical (unpaired) electrons. The van der Waals surface area contributed by atoms with Crippen molar-refractivity contribution >= 4 is 11.6 Å². The zero-order valence-electron chi connectivity index (χ0n) is 11.4. The molecule has 0 aromatic heterocycles. The number of anilines is 1. The molecule has 3 N–H and O–H groups in total. The van der Waals surface area contributed by atoms with Crippen molar-refractivity contribution in [2.45, 2.75) is 39.5 Å². The molecule has 1 unspecified atom stereocenters. The van der Waals surface area contributed by atoms with Crippen molar-refractivity contribution in [3.8, 4) is 0 Å². The van der Waals surface area contributed by atoms with Crippen LogP contribution in [0.2, 0.25) is 0 Å². The summed E-state index contributed by atoms with van der Waals surface area (Å²) in [6.07, 6.45) is 3.88. The highest BCUT2D eigenvalue weighted by Gasteiger charge is 2.16. The molecule has 1 amide bonds. The van der Waals surface area contributed by atoms with Crippen LogP contribution in [0.15, 0.2) is 24.3 Å². The zero-order valence-corrected chi connectivity index (χ0v) is 11.4. The molecule has 0 bridgehead atoms. The molecule has 100 valence electrons. The summed E-state index contributed by atoms with van der Waals surface area (Å²) in [6.45, 7) is 4.62. The number of amides is 1. The maximum atomic E-state index is 12.1. The molecule has 3 heteroatoms. The second kappa shape index (κ2) is 7.88. The Labute approximate surface area is 110 Å². The zero-order chi connectivity index (χ0) is 13.4. The van der Waals surface area contributed by atoms with Gasteiger partial charge in [-0.25, -0.2) is 0 Å². The number of carbonyl (C=O) groups excluding carboxylic acids is 1. The second-order valence-electron chi connectivity index (χ2n) is 4.62. The average molecular weight is 248 g/mol. The fraction of sp³-hybridized carbons (Fsp3) is 0.533. The molecule has 18 heavy (non-hydrogen) atoms. The topological polar surface area (TPSA) is 55.1 Å². The van der Waals surface area contributed by atoms with E-state index >= 15 is 0 Å². The first-order chi connectivity index (χ1) is 8.72. The van der Waals surface area contributed by atoms with Gasteiger partial charge in [-0.05, 0) is 24.5 Å². The molecular weight excluding hydrogens is 224 g/mol. The molecular formula is C15H24N2O. The summed E-state index contributed by atoms with van der Waals surface area (Å²) < 4.78 is 0. The number of carbonyl (C=O) groups is 1. The van der Waals surface area contributed by atoms with E-state index in [1.807, 2.05) is 18.2 Å². The van der Waals surface area contributed by atoms with Gasteiger partial charge in [0.15, 0.2) is 0 Å². The third kappa shape index (κ3) is 4.15. The van der Waals surface area contributed by atoms with E-state index in [0.717, 1.165) is 31.4 Å². The lowest BCUT2D eigenvalue weighted by molar-refractivity contribution is -0.119. The molecule has 3 nitrogen and oxygen atoms in total. The van der Waals surface area contributed by atoms with Crippen molar-refractivity contribution in [3.63, 3.8) is 0 Å². The lowest BCUT2D eigenvalue weighted by Crippen LogP contribution is -2.29. The van der Waals surface area contributed by atoms with E-state index in [9.17, 15) is 4.79 Å². The number of hydrogen-bond acceptors (Lipinski definition) is 2. The average Bonchev–Trinajstić information content (AvgIpc) is 2.38. The third-order valence-electron chi connectivity index (χ3n) is 3.09. The van der Waals surface area contributed by atoms with Gasteiger partial charge >= 0.3 is 0 Å². The van der Waals surface area contributed by atoms with Gasteiger partial charge in [0, 0.05) is 12.2 Å². The first-order valence-corrected chi connectivity index (χ1v) is 6.81. The van der Waals surface area contributed by atoms with E-state index in [0.29, 0.717) is 6.54 Å². The molecule has 0 fully saturated rings. The van der Waals surface area contributed by atoms with E-state index in [-0.39, 0.29) is 11.8 Å². The molecule has 1 aromatic rings. The Morgan fingerprint density at radius 3 is 2.61 bits per heavy atom. The Hall–Kier alpha value is -1.35. The summed E-state index contributed by atoms with van der Waals surface area (Å²) in [6, 6.07) is 7.98. The summed E-state index contributed by atoms with van der Waals surface area (Å²) in [5.41, 5.74) is 7.77. The fourth-order valence-corrected chi connectivity index (χ4v) is 2.07. The van der Waals surface area contributed by atoms with Gasteiger partial charge < -0.3 is 11.1 Å². The standard InChI is InChI=1S/C15H24N2O/c1-3-7-12-9-5-6-10-14(12)17-15(18)13(11-16)8-4-2/h5-6,9-10,13H,3-4,7-8,11,16H2,1-2H3,(H,17,18). The van der Waals surface area contributed by atoms with Crippen LogP contribution in [0, 0.1) is 5.92 Å². The van der Waals surface area contributed by atoms with Gasteiger partial charge in [-0.2, -0.15) is 0 Å². The third-order valence-corrected chi connectivity index (χ3v) is 3.09. The van der Waals surface area contributed by atoms with Crippen molar-refractivity contribution in [1.29, 1.82) is 0 Å². The highest BCUT2D eigenvalue weighted by molar-refractivity contribution is 5.93. The molecule has 1 atom stereocenters. The number of nitrogens with two attached hydrogens (primary N) is 1. The highest BCUT2D eigenvalue weighted by Crippen LogP contribution is 2.18. The molecule has 0 spiro atoms. The number of rotatable bonds is 7. The van der Waals surface area contributed by atoms with E-state index < -0.39 is 0 Å². The maximum Gasteiger partial charge on any atom is 0.228 e. The van der Waals surface area contributed by atoms with E-state index in [1.54, 1.807) is 0 Å². The van der Waals surface area contributed by atoms with Crippen LogP contribution in [0.5, 0.6) is 0 Å². The van der Waals surface area contributed by atoms with E-state index in [1.165, 1.54) is 5.56 Å². The monoisotopic (exact) mass is 248 g/mol. The summed E-state index contributed by atoms with van der Waals surface area (Å²) in [4.78, 5) is 12.1. The molecule has 0 aliphatic heterocycles. The number of benzene rings is 1. The van der Waals surface area contributed by atoms with Crippen LogP contribution in [-0.4, -0.2) is 12.5 Å². The minimum atomic E-state index is -0.0790. The predicted molar refractivity (Wildman–Crippen MR) is 76.5 cm³/mol. The quantitative estimate of drug-likeness (QED) is 0.779. The first kappa shape index (κ1) is 14.7. The summed E-state index contributed by atoms with van der Waals surface area (Å²) in [5, 5.41) is 3.01. The van der Waals surface area contributed by atoms with Crippen LogP contribution >= 0.6 is 0 Å². The number of hydrogen-bond donors (Lipinski definition) is 2. The Morgan fingerprint density at radius 1 is 1.28 bits per heavy atom. The van der Waals surface area contributed by atoms with Gasteiger partial charge in [0.2, 0.25) is 5.91 Å². The fourth-order valence-electron chi connectivity index (χ4n) is 2.07. The number of aryl methyl sites for hydroxylation is 1. The van der Waals surface area contributed by atoms with Crippen LogP contribution in [0.4, 0.5) is 5.69 Å². The Morgan fingerprint density at radius 2 is 2.00 bits per heavy atom. The van der Waals surface area contributed by atoms with Crippen LogP contribution in [0.25, 0.3) is 0 Å². The second-order valence-corrected chi connectivity index (χ2v) is 4.62. The Kier molecular flexibility index (Phi) is 6.44. The molecule has 1 rings (SSSR count). The Balaban J connectivity index is 2.74. The highest BCUT2D eigenvalue weighted by atomic mass is 16.1. The van der Waals surface area contributed by atoms with E-state index in [4.69, 9.17) is 5.73 Å². The molecule has 1 aromatic carbocycles. The van der Waals surface area contributed by atoms with Crippen molar-refractivity contribution in [3.05, 3.63) is 29.8 Å². The van der Waals surface area contributed by atoms with Crippen LogP contribution in [-0.2, 0) is 11.2 Å². The largest absolute Gasteiger partial charge is 0.330 e. The normalized spacial score (nSPS) is 12.2. The SMILES string of the molecule is CCCc1ccccc1NC(=O)C(CN)CCC. The van der Waals surface area contributed by atoms with Crippen molar-refractivity contribution in [2.24, 2.45) is 11.7 Å². The number of nitrogens with one attached hydrogen (secondary N) is 1. The van der Waals surface area contributed by atoms with Crippen LogP contribution < -0.4 is 11.1 Å². The minimum Gasteiger partial charge on any atom is -0.330 e. The Bertz CT molecular complexity index is 377. The molecule has 0 aliphatic rings.